The molecular weight excluding hydrogens is 449 g/mol. The second kappa shape index (κ2) is 11.1. The molecule has 0 spiro atoms. The molecule has 0 radical (unpaired) electrons. The third kappa shape index (κ3) is 6.53. The van der Waals surface area contributed by atoms with Crippen molar-refractivity contribution in [2.45, 2.75) is 12.6 Å². The minimum atomic E-state index is -0.460. The summed E-state index contributed by atoms with van der Waals surface area (Å²) in [6.45, 7) is 0.781. The van der Waals surface area contributed by atoms with Gasteiger partial charge in [0.25, 0.3) is 0 Å². The van der Waals surface area contributed by atoms with Crippen LogP contribution in [-0.2, 0) is 6.54 Å². The Bertz CT molecular complexity index is 708. The molecule has 0 amide bonds. The van der Waals surface area contributed by atoms with Crippen molar-refractivity contribution in [2.24, 2.45) is 4.99 Å². The summed E-state index contributed by atoms with van der Waals surface area (Å²) >= 11 is 0. The number of guanidine groups is 1. The summed E-state index contributed by atoms with van der Waals surface area (Å²) in [6.07, 6.45) is 0. The summed E-state index contributed by atoms with van der Waals surface area (Å²) in [5.41, 5.74) is 1.45. The summed E-state index contributed by atoms with van der Waals surface area (Å²) in [5.74, 6) is -0.371. The third-order valence-electron chi connectivity index (χ3n) is 3.95. The van der Waals surface area contributed by atoms with Crippen molar-refractivity contribution in [1.29, 1.82) is 0 Å². The van der Waals surface area contributed by atoms with Gasteiger partial charge in [0.1, 0.15) is 11.6 Å². The zero-order chi connectivity index (χ0) is 18.2. The van der Waals surface area contributed by atoms with Crippen molar-refractivity contribution >= 4 is 29.9 Å². The maximum absolute atomic E-state index is 13.7. The molecule has 26 heavy (non-hydrogen) atoms. The van der Waals surface area contributed by atoms with Gasteiger partial charge in [0.15, 0.2) is 5.96 Å². The van der Waals surface area contributed by atoms with E-state index < -0.39 is 11.6 Å². The lowest BCUT2D eigenvalue weighted by atomic mass is 10.1. The second-order valence-corrected chi connectivity index (χ2v) is 5.93. The lowest BCUT2D eigenvalue weighted by Gasteiger charge is -2.26. The van der Waals surface area contributed by atoms with Crippen molar-refractivity contribution in [3.8, 4) is 0 Å². The molecule has 0 fully saturated rings. The zero-order valence-corrected chi connectivity index (χ0v) is 17.5. The lowest BCUT2D eigenvalue weighted by molar-refractivity contribution is 0.298. The largest absolute Gasteiger partial charge is 0.354 e. The van der Waals surface area contributed by atoms with E-state index in [2.05, 4.69) is 32.7 Å². The van der Waals surface area contributed by atoms with Gasteiger partial charge in [0.05, 0.1) is 6.04 Å². The van der Waals surface area contributed by atoms with E-state index in [1.807, 2.05) is 32.3 Å². The second-order valence-electron chi connectivity index (χ2n) is 5.93. The molecule has 0 aliphatic rings. The predicted octanol–water partition coefficient (Wildman–Crippen LogP) is 3.55. The van der Waals surface area contributed by atoms with Crippen molar-refractivity contribution in [2.75, 3.05) is 27.7 Å². The molecule has 1 atom stereocenters. The number of nitrogens with zero attached hydrogens (tertiary/aromatic N) is 2. The molecule has 4 nitrogen and oxygen atoms in total. The van der Waals surface area contributed by atoms with Crippen LogP contribution in [-0.4, -0.2) is 38.5 Å². The van der Waals surface area contributed by atoms with Gasteiger partial charge in [0, 0.05) is 25.7 Å². The first-order valence-electron chi connectivity index (χ1n) is 8.11. The summed E-state index contributed by atoms with van der Waals surface area (Å²) in [4.78, 5) is 6.25. The Kier molecular flexibility index (Phi) is 9.50. The number of nitrogens with one attached hydrogen (secondary N) is 2. The van der Waals surface area contributed by atoms with E-state index in [1.165, 1.54) is 11.6 Å². The van der Waals surface area contributed by atoms with Crippen LogP contribution < -0.4 is 10.6 Å². The topological polar surface area (TPSA) is 39.7 Å². The fourth-order valence-electron chi connectivity index (χ4n) is 2.55. The highest BCUT2D eigenvalue weighted by atomic mass is 127. The van der Waals surface area contributed by atoms with E-state index in [-0.39, 0.29) is 42.1 Å². The molecule has 0 aromatic heterocycles. The molecule has 0 saturated carbocycles. The standard InChI is InChI=1S/C19H24F2N4.HI/c1-22-19(23-12-15-11-16(20)9-10-17(15)21)24-13-18(25(2)3)14-7-5-4-6-8-14;/h4-11,18H,12-13H2,1-3H3,(H2,22,23,24);1H. The fraction of sp³-hybridized carbons (Fsp3) is 0.316. The highest BCUT2D eigenvalue weighted by Gasteiger charge is 2.14. The van der Waals surface area contributed by atoms with Crippen LogP contribution in [0.2, 0.25) is 0 Å². The Labute approximate surface area is 170 Å². The SMILES string of the molecule is CN=C(NCc1cc(F)ccc1F)NCC(c1ccccc1)N(C)C.I. The van der Waals surface area contributed by atoms with Crippen molar-refractivity contribution in [1.82, 2.24) is 15.5 Å². The van der Waals surface area contributed by atoms with Crippen LogP contribution in [0, 0.1) is 11.6 Å². The van der Waals surface area contributed by atoms with Gasteiger partial charge in [0.2, 0.25) is 0 Å². The van der Waals surface area contributed by atoms with E-state index in [0.29, 0.717) is 12.5 Å². The summed E-state index contributed by atoms with van der Waals surface area (Å²) < 4.78 is 26.9. The van der Waals surface area contributed by atoms with Gasteiger partial charge >= 0.3 is 0 Å². The monoisotopic (exact) mass is 474 g/mol. The number of aliphatic imine (C=N–C) groups is 1. The number of benzene rings is 2. The molecule has 0 bridgehead atoms. The molecule has 0 heterocycles. The Morgan fingerprint density at radius 3 is 2.38 bits per heavy atom. The molecule has 7 heteroatoms. The van der Waals surface area contributed by atoms with Gasteiger partial charge in [-0.05, 0) is 37.9 Å². The van der Waals surface area contributed by atoms with Gasteiger partial charge in [-0.3, -0.25) is 4.99 Å². The van der Waals surface area contributed by atoms with E-state index in [1.54, 1.807) is 7.05 Å². The van der Waals surface area contributed by atoms with Crippen LogP contribution in [0.5, 0.6) is 0 Å². The molecular formula is C19H25F2IN4. The minimum absolute atomic E-state index is 0. The van der Waals surface area contributed by atoms with E-state index >= 15 is 0 Å². The highest BCUT2D eigenvalue weighted by Crippen LogP contribution is 2.16. The first kappa shape index (κ1) is 22.3. The van der Waals surface area contributed by atoms with Gasteiger partial charge in [-0.1, -0.05) is 30.3 Å². The molecule has 2 N–H and O–H groups in total. The predicted molar refractivity (Wildman–Crippen MR) is 113 cm³/mol. The maximum atomic E-state index is 13.7. The first-order chi connectivity index (χ1) is 12.0. The molecule has 142 valence electrons. The molecule has 0 saturated heterocycles. The Morgan fingerprint density at radius 2 is 1.77 bits per heavy atom. The summed E-state index contributed by atoms with van der Waals surface area (Å²) in [7, 11) is 5.67. The van der Waals surface area contributed by atoms with E-state index in [4.69, 9.17) is 0 Å². The molecule has 0 aliphatic heterocycles. The number of rotatable bonds is 6. The number of likely N-dealkylation sites (N-methyl/N-ethyl adjacent to an activating group) is 1. The van der Waals surface area contributed by atoms with Crippen LogP contribution in [0.3, 0.4) is 0 Å². The normalized spacial score (nSPS) is 12.5. The molecule has 2 aromatic carbocycles. The van der Waals surface area contributed by atoms with Crippen LogP contribution in [0.1, 0.15) is 17.2 Å². The summed E-state index contributed by atoms with van der Waals surface area (Å²) in [5, 5.41) is 6.25. The number of halogens is 3. The van der Waals surface area contributed by atoms with E-state index in [9.17, 15) is 8.78 Å². The van der Waals surface area contributed by atoms with Gasteiger partial charge < -0.3 is 15.5 Å². The Morgan fingerprint density at radius 1 is 1.08 bits per heavy atom. The highest BCUT2D eigenvalue weighted by molar-refractivity contribution is 14.0. The first-order valence-corrected chi connectivity index (χ1v) is 8.11. The Hall–Kier alpha value is -1.74. The van der Waals surface area contributed by atoms with E-state index in [0.717, 1.165) is 12.1 Å². The molecule has 2 aromatic rings. The van der Waals surface area contributed by atoms with Crippen molar-refractivity contribution in [3.63, 3.8) is 0 Å². The van der Waals surface area contributed by atoms with Gasteiger partial charge in [-0.25, -0.2) is 8.78 Å². The molecule has 0 aliphatic carbocycles. The van der Waals surface area contributed by atoms with Gasteiger partial charge in [-0.15, -0.1) is 24.0 Å². The third-order valence-corrected chi connectivity index (χ3v) is 3.95. The zero-order valence-electron chi connectivity index (χ0n) is 15.2. The van der Waals surface area contributed by atoms with Crippen LogP contribution in [0.25, 0.3) is 0 Å². The van der Waals surface area contributed by atoms with Crippen LogP contribution in [0.4, 0.5) is 8.78 Å². The molecule has 1 unspecified atom stereocenters. The van der Waals surface area contributed by atoms with Crippen molar-refractivity contribution in [3.05, 3.63) is 71.3 Å². The van der Waals surface area contributed by atoms with Crippen LogP contribution in [0.15, 0.2) is 53.5 Å². The van der Waals surface area contributed by atoms with Gasteiger partial charge in [-0.2, -0.15) is 0 Å². The number of hydrogen-bond acceptors (Lipinski definition) is 2. The minimum Gasteiger partial charge on any atom is -0.354 e. The average Bonchev–Trinajstić information content (AvgIpc) is 2.61. The lowest BCUT2D eigenvalue weighted by Crippen LogP contribution is -2.41. The quantitative estimate of drug-likeness (QED) is 0.382. The fourth-order valence-corrected chi connectivity index (χ4v) is 2.55. The average molecular weight is 474 g/mol. The maximum Gasteiger partial charge on any atom is 0.191 e. The van der Waals surface area contributed by atoms with Crippen LogP contribution >= 0.6 is 24.0 Å². The summed E-state index contributed by atoms with van der Waals surface area (Å²) in [6, 6.07) is 13.7. The Balaban J connectivity index is 0.00000338. The van der Waals surface area contributed by atoms with Crippen molar-refractivity contribution < 1.29 is 8.78 Å². The number of hydrogen-bond donors (Lipinski definition) is 2. The smallest absolute Gasteiger partial charge is 0.191 e. The molecule has 2 rings (SSSR count).